The van der Waals surface area contributed by atoms with Gasteiger partial charge < -0.3 is 10.6 Å². The van der Waals surface area contributed by atoms with Crippen molar-refractivity contribution in [1.29, 1.82) is 0 Å². The minimum Gasteiger partial charge on any atom is -0.349 e. The van der Waals surface area contributed by atoms with Crippen molar-refractivity contribution < 1.29 is 9.18 Å². The Labute approximate surface area is 207 Å². The molecule has 186 valence electrons. The van der Waals surface area contributed by atoms with E-state index in [-0.39, 0.29) is 23.8 Å². The van der Waals surface area contributed by atoms with E-state index >= 15 is 0 Å². The summed E-state index contributed by atoms with van der Waals surface area (Å²) < 4.78 is 14.6. The predicted molar refractivity (Wildman–Crippen MR) is 131 cm³/mol. The number of carbonyl (C=O) groups excluding carboxylic acids is 1. The van der Waals surface area contributed by atoms with Crippen LogP contribution in [0.25, 0.3) is 5.82 Å². The van der Waals surface area contributed by atoms with Gasteiger partial charge in [0.05, 0.1) is 18.4 Å². The maximum atomic E-state index is 13.2. The maximum absolute atomic E-state index is 13.2. The molecule has 4 aromatic rings. The minimum atomic E-state index is -0.423. The van der Waals surface area contributed by atoms with E-state index in [2.05, 4.69) is 35.9 Å². The number of pyridine rings is 1. The van der Waals surface area contributed by atoms with Crippen LogP contribution in [0.2, 0.25) is 0 Å². The first-order valence-corrected chi connectivity index (χ1v) is 12.0. The van der Waals surface area contributed by atoms with Gasteiger partial charge in [-0.25, -0.2) is 24.0 Å². The van der Waals surface area contributed by atoms with Crippen LogP contribution >= 0.6 is 0 Å². The number of H-pyrrole nitrogens is 1. The van der Waals surface area contributed by atoms with Crippen LogP contribution < -0.4 is 10.6 Å². The fourth-order valence-electron chi connectivity index (χ4n) is 4.54. The van der Waals surface area contributed by atoms with Gasteiger partial charge in [0.2, 0.25) is 5.91 Å². The highest BCUT2D eigenvalue weighted by Crippen LogP contribution is 2.37. The van der Waals surface area contributed by atoms with Crippen molar-refractivity contribution in [3.8, 4) is 5.82 Å². The Bertz CT molecular complexity index is 1360. The van der Waals surface area contributed by atoms with Crippen LogP contribution in [0.3, 0.4) is 0 Å². The SMILES string of the molecule is Cc1cc(Nc2cc(C)[nH]n2)nc([C@H]2CC[C@@H](C(=O)NC(C)c3ccc(-n4cc(F)cn4)nc3)C2)n1. The van der Waals surface area contributed by atoms with Crippen LogP contribution in [0, 0.1) is 25.6 Å². The molecule has 1 aliphatic rings. The molecule has 0 bridgehead atoms. The largest absolute Gasteiger partial charge is 0.349 e. The summed E-state index contributed by atoms with van der Waals surface area (Å²) in [5.41, 5.74) is 2.69. The van der Waals surface area contributed by atoms with Crippen LogP contribution in [0.5, 0.6) is 0 Å². The fourth-order valence-corrected chi connectivity index (χ4v) is 4.54. The first-order chi connectivity index (χ1) is 17.3. The average Bonchev–Trinajstić information content (AvgIpc) is 3.60. The van der Waals surface area contributed by atoms with Gasteiger partial charge in [0.25, 0.3) is 0 Å². The Morgan fingerprint density at radius 1 is 1.17 bits per heavy atom. The van der Waals surface area contributed by atoms with Crippen LogP contribution in [0.4, 0.5) is 16.0 Å². The third-order valence-electron chi connectivity index (χ3n) is 6.42. The van der Waals surface area contributed by atoms with Crippen molar-refractivity contribution in [1.82, 2.24) is 40.2 Å². The Morgan fingerprint density at radius 3 is 2.72 bits per heavy atom. The van der Waals surface area contributed by atoms with E-state index in [1.807, 2.05) is 39.0 Å². The molecule has 10 nitrogen and oxygen atoms in total. The fraction of sp³-hybridized carbons (Fsp3) is 0.360. The number of nitrogens with one attached hydrogen (secondary N) is 3. The lowest BCUT2D eigenvalue weighted by Gasteiger charge is -2.18. The number of carbonyl (C=O) groups is 1. The van der Waals surface area contributed by atoms with E-state index < -0.39 is 5.82 Å². The lowest BCUT2D eigenvalue weighted by atomic mass is 10.0. The highest BCUT2D eigenvalue weighted by molar-refractivity contribution is 5.79. The minimum absolute atomic E-state index is 0.0150. The van der Waals surface area contributed by atoms with Gasteiger partial charge in [-0.15, -0.1) is 0 Å². The molecule has 0 spiro atoms. The summed E-state index contributed by atoms with van der Waals surface area (Å²) >= 11 is 0. The Balaban J connectivity index is 1.20. The molecule has 1 aliphatic carbocycles. The van der Waals surface area contributed by atoms with Gasteiger partial charge in [-0.2, -0.15) is 10.2 Å². The van der Waals surface area contributed by atoms with Crippen molar-refractivity contribution in [2.45, 2.75) is 52.0 Å². The van der Waals surface area contributed by atoms with Crippen molar-refractivity contribution in [2.24, 2.45) is 5.92 Å². The van der Waals surface area contributed by atoms with Gasteiger partial charge in [-0.3, -0.25) is 9.89 Å². The number of aromatic nitrogens is 7. The Kier molecular flexibility index (Phi) is 6.45. The molecule has 4 aromatic heterocycles. The van der Waals surface area contributed by atoms with Gasteiger partial charge in [-0.05, 0) is 51.7 Å². The predicted octanol–water partition coefficient (Wildman–Crippen LogP) is 4.04. The maximum Gasteiger partial charge on any atom is 0.223 e. The highest BCUT2D eigenvalue weighted by atomic mass is 19.1. The van der Waals surface area contributed by atoms with Gasteiger partial charge in [0.1, 0.15) is 11.6 Å². The number of halogens is 1. The van der Waals surface area contributed by atoms with Gasteiger partial charge >= 0.3 is 0 Å². The third-order valence-corrected chi connectivity index (χ3v) is 6.42. The number of amides is 1. The summed E-state index contributed by atoms with van der Waals surface area (Å²) in [6.45, 7) is 5.80. The Hall–Kier alpha value is -4.15. The van der Waals surface area contributed by atoms with E-state index in [4.69, 9.17) is 4.98 Å². The van der Waals surface area contributed by atoms with Crippen molar-refractivity contribution in [2.75, 3.05) is 5.32 Å². The normalized spacial score (nSPS) is 18.2. The molecule has 0 saturated heterocycles. The number of anilines is 2. The van der Waals surface area contributed by atoms with E-state index in [9.17, 15) is 9.18 Å². The zero-order valence-corrected chi connectivity index (χ0v) is 20.4. The third kappa shape index (κ3) is 5.24. The lowest BCUT2D eigenvalue weighted by Crippen LogP contribution is -2.31. The zero-order chi connectivity index (χ0) is 25.2. The number of hydrogen-bond donors (Lipinski definition) is 3. The quantitative estimate of drug-likeness (QED) is 0.358. The van der Waals surface area contributed by atoms with E-state index in [0.717, 1.165) is 41.8 Å². The summed E-state index contributed by atoms with van der Waals surface area (Å²) in [6, 6.07) is 7.20. The molecule has 1 fully saturated rings. The molecule has 0 aliphatic heterocycles. The number of nitrogens with zero attached hydrogens (tertiary/aromatic N) is 6. The van der Waals surface area contributed by atoms with Gasteiger partial charge in [-0.1, -0.05) is 6.07 Å². The molecule has 5 rings (SSSR count). The Morgan fingerprint density at radius 2 is 2.03 bits per heavy atom. The number of hydrogen-bond acceptors (Lipinski definition) is 7. The molecule has 1 saturated carbocycles. The average molecular weight is 490 g/mol. The molecule has 11 heteroatoms. The van der Waals surface area contributed by atoms with Crippen LogP contribution in [0.15, 0.2) is 42.9 Å². The first kappa shape index (κ1) is 23.6. The number of rotatable bonds is 7. The summed E-state index contributed by atoms with van der Waals surface area (Å²) in [5, 5.41) is 17.4. The molecule has 1 amide bonds. The lowest BCUT2D eigenvalue weighted by molar-refractivity contribution is -0.125. The second kappa shape index (κ2) is 9.84. The monoisotopic (exact) mass is 489 g/mol. The molecule has 1 unspecified atom stereocenters. The molecule has 3 N–H and O–H groups in total. The molecule has 3 atom stereocenters. The van der Waals surface area contributed by atoms with Crippen molar-refractivity contribution >= 4 is 17.5 Å². The molecular weight excluding hydrogens is 461 g/mol. The first-order valence-electron chi connectivity index (χ1n) is 12.0. The van der Waals surface area contributed by atoms with Crippen LogP contribution in [-0.4, -0.2) is 40.8 Å². The topological polar surface area (TPSA) is 126 Å². The van der Waals surface area contributed by atoms with Gasteiger partial charge in [0.15, 0.2) is 17.5 Å². The summed E-state index contributed by atoms with van der Waals surface area (Å²) in [4.78, 5) is 26.7. The highest BCUT2D eigenvalue weighted by Gasteiger charge is 2.33. The van der Waals surface area contributed by atoms with Crippen LogP contribution in [-0.2, 0) is 4.79 Å². The van der Waals surface area contributed by atoms with Crippen LogP contribution in [0.1, 0.15) is 60.9 Å². The van der Waals surface area contributed by atoms with E-state index in [1.54, 1.807) is 12.3 Å². The second-order valence-electron chi connectivity index (χ2n) is 9.30. The molecular formula is C25H28FN9O. The smallest absolute Gasteiger partial charge is 0.223 e. The number of aromatic amines is 1. The van der Waals surface area contributed by atoms with E-state index in [0.29, 0.717) is 23.9 Å². The standard InChI is InChI=1S/C25H28FN9O/c1-14-8-21(31-22-9-15(2)33-34-22)32-24(29-14)17-4-5-18(10-17)25(36)30-16(3)19-6-7-23(27-11-19)35-13-20(26)12-28-35/h6-9,11-13,16-18H,4-5,10H2,1-3H3,(H,30,36)(H2,29,31,32,33,34)/t16?,17-,18+/m0/s1. The number of aryl methyl sites for hydroxylation is 2. The summed E-state index contributed by atoms with van der Waals surface area (Å²) in [5.74, 6) is 2.26. The van der Waals surface area contributed by atoms with Crippen molar-refractivity contribution in [3.05, 3.63) is 71.4 Å². The van der Waals surface area contributed by atoms with Crippen molar-refractivity contribution in [3.63, 3.8) is 0 Å². The molecule has 0 aromatic carbocycles. The second-order valence-corrected chi connectivity index (χ2v) is 9.30. The molecule has 0 radical (unpaired) electrons. The zero-order valence-electron chi connectivity index (χ0n) is 20.4. The molecule has 4 heterocycles. The summed E-state index contributed by atoms with van der Waals surface area (Å²) in [7, 11) is 0. The van der Waals surface area contributed by atoms with Gasteiger partial charge in [0, 0.05) is 41.6 Å². The van der Waals surface area contributed by atoms with E-state index in [1.165, 1.54) is 10.9 Å². The molecule has 36 heavy (non-hydrogen) atoms. The summed E-state index contributed by atoms with van der Waals surface area (Å²) in [6.07, 6.45) is 6.40.